The van der Waals surface area contributed by atoms with Crippen LogP contribution >= 0.6 is 0 Å². The minimum absolute atomic E-state index is 0.0440. The van der Waals surface area contributed by atoms with E-state index in [4.69, 9.17) is 9.47 Å². The monoisotopic (exact) mass is 324 g/mol. The molecule has 0 aromatic heterocycles. The highest BCUT2D eigenvalue weighted by atomic mass is 16.6. The van der Waals surface area contributed by atoms with Gasteiger partial charge in [0.25, 0.3) is 0 Å². The summed E-state index contributed by atoms with van der Waals surface area (Å²) in [7, 11) is 0. The second-order valence-corrected chi connectivity index (χ2v) is 8.20. The number of rotatable bonds is 0. The molecule has 0 amide bonds. The van der Waals surface area contributed by atoms with Crippen LogP contribution in [-0.2, 0) is 19.1 Å². The third-order valence-electron chi connectivity index (χ3n) is 7.11. The predicted molar refractivity (Wildman–Crippen MR) is 84.9 cm³/mol. The Morgan fingerprint density at radius 3 is 1.42 bits per heavy atom. The lowest BCUT2D eigenvalue weighted by molar-refractivity contribution is -0.146. The van der Waals surface area contributed by atoms with E-state index < -0.39 is 0 Å². The van der Waals surface area contributed by atoms with Crippen LogP contribution in [0.5, 0.6) is 0 Å². The molecule has 24 heavy (non-hydrogen) atoms. The molecule has 2 fully saturated rings. The van der Waals surface area contributed by atoms with Crippen molar-refractivity contribution in [1.82, 2.24) is 0 Å². The van der Waals surface area contributed by atoms with E-state index in [1.165, 1.54) is 33.4 Å². The fraction of sp³-hybridized carbons (Fsp3) is 0.600. The first-order valence-electron chi connectivity index (χ1n) is 9.22. The molecule has 6 aliphatic rings. The van der Waals surface area contributed by atoms with Crippen LogP contribution in [0.1, 0.15) is 64.2 Å². The van der Waals surface area contributed by atoms with Crippen LogP contribution in [0.3, 0.4) is 0 Å². The Balaban J connectivity index is 1.43. The molecular weight excluding hydrogens is 304 g/mol. The lowest BCUT2D eigenvalue weighted by Gasteiger charge is -2.29. The van der Waals surface area contributed by atoms with Crippen molar-refractivity contribution in [3.05, 3.63) is 33.4 Å². The summed E-state index contributed by atoms with van der Waals surface area (Å²) in [6.45, 7) is 0. The van der Waals surface area contributed by atoms with E-state index in [0.29, 0.717) is 12.8 Å². The molecular formula is C20H20O4. The van der Waals surface area contributed by atoms with Gasteiger partial charge in [0.2, 0.25) is 0 Å². The van der Waals surface area contributed by atoms with Gasteiger partial charge in [-0.2, -0.15) is 0 Å². The van der Waals surface area contributed by atoms with Crippen molar-refractivity contribution >= 4 is 11.9 Å². The number of hydrogen-bond acceptors (Lipinski definition) is 4. The van der Waals surface area contributed by atoms with Crippen molar-refractivity contribution in [2.75, 3.05) is 0 Å². The van der Waals surface area contributed by atoms with Gasteiger partial charge in [-0.1, -0.05) is 11.1 Å². The van der Waals surface area contributed by atoms with E-state index in [2.05, 4.69) is 0 Å². The first-order chi connectivity index (χ1) is 11.6. The normalized spacial score (nSPS) is 39.5. The van der Waals surface area contributed by atoms with Gasteiger partial charge in [0.1, 0.15) is 11.2 Å². The second-order valence-electron chi connectivity index (χ2n) is 8.20. The van der Waals surface area contributed by atoms with Gasteiger partial charge in [-0.25, -0.2) is 0 Å². The van der Waals surface area contributed by atoms with E-state index in [-0.39, 0.29) is 23.1 Å². The largest absolute Gasteiger partial charge is 0.454 e. The molecule has 6 rings (SSSR count). The molecule has 2 aliphatic heterocycles. The zero-order valence-electron chi connectivity index (χ0n) is 13.7. The smallest absolute Gasteiger partial charge is 0.306 e. The molecule has 2 unspecified atom stereocenters. The summed E-state index contributed by atoms with van der Waals surface area (Å²) in [5.41, 5.74) is 7.86. The molecule has 0 radical (unpaired) electrons. The summed E-state index contributed by atoms with van der Waals surface area (Å²) in [4.78, 5) is 23.6. The van der Waals surface area contributed by atoms with E-state index in [0.717, 1.165) is 51.4 Å². The number of esters is 2. The van der Waals surface area contributed by atoms with E-state index in [1.807, 2.05) is 0 Å². The zero-order chi connectivity index (χ0) is 16.1. The Kier molecular flexibility index (Phi) is 2.26. The van der Waals surface area contributed by atoms with Gasteiger partial charge in [-0.15, -0.1) is 0 Å². The van der Waals surface area contributed by atoms with Crippen LogP contribution < -0.4 is 0 Å². The second kappa shape index (κ2) is 4.04. The molecule has 4 aliphatic carbocycles. The average molecular weight is 324 g/mol. The molecule has 2 spiro atoms. The Bertz CT molecular complexity index is 759. The number of hydrogen-bond donors (Lipinski definition) is 0. The Morgan fingerprint density at radius 2 is 1.04 bits per heavy atom. The molecule has 0 N–H and O–H groups in total. The maximum atomic E-state index is 11.8. The molecule has 0 bridgehead atoms. The maximum absolute atomic E-state index is 11.8. The number of carbonyl (C=O) groups is 2. The van der Waals surface area contributed by atoms with Crippen molar-refractivity contribution < 1.29 is 19.1 Å². The number of allylic oxidation sites excluding steroid dienone is 2. The van der Waals surface area contributed by atoms with E-state index >= 15 is 0 Å². The Labute approximate surface area is 140 Å². The predicted octanol–water partition coefficient (Wildman–Crippen LogP) is 3.42. The van der Waals surface area contributed by atoms with Gasteiger partial charge >= 0.3 is 11.9 Å². The van der Waals surface area contributed by atoms with Gasteiger partial charge < -0.3 is 9.47 Å². The third-order valence-corrected chi connectivity index (χ3v) is 7.11. The number of fused-ring (bicyclic) bond motifs is 4. The SMILES string of the molecule is O=C1CCC2(CCC3=C2C2=C(C3)C3=C(CCC34CCC(=O)O4)C2)O1. The van der Waals surface area contributed by atoms with Gasteiger partial charge in [0.05, 0.1) is 0 Å². The van der Waals surface area contributed by atoms with Crippen molar-refractivity contribution in [2.24, 2.45) is 0 Å². The van der Waals surface area contributed by atoms with Crippen LogP contribution in [0.4, 0.5) is 0 Å². The molecule has 4 heteroatoms. The maximum Gasteiger partial charge on any atom is 0.306 e. The minimum Gasteiger partial charge on any atom is -0.454 e. The Hall–Kier alpha value is -1.84. The van der Waals surface area contributed by atoms with Crippen LogP contribution in [0.2, 0.25) is 0 Å². The number of ether oxygens (including phenoxy) is 2. The van der Waals surface area contributed by atoms with Crippen LogP contribution in [0, 0.1) is 0 Å². The summed E-state index contributed by atoms with van der Waals surface area (Å²) in [5, 5.41) is 0. The standard InChI is InChI=1S/C20H20O4/c21-15-3-7-19(23-15)5-1-11-9-13-14(17(11)19)10-12-2-6-20(18(12)13)8-4-16(22)24-20/h1-10H2. The van der Waals surface area contributed by atoms with Gasteiger partial charge in [0, 0.05) is 25.7 Å². The van der Waals surface area contributed by atoms with E-state index in [9.17, 15) is 9.59 Å². The summed E-state index contributed by atoms with van der Waals surface area (Å²) in [6.07, 6.45) is 8.77. The highest BCUT2D eigenvalue weighted by Gasteiger charge is 2.57. The molecule has 0 saturated carbocycles. The molecule has 0 aromatic carbocycles. The summed E-state index contributed by atoms with van der Waals surface area (Å²) < 4.78 is 11.7. The van der Waals surface area contributed by atoms with Crippen molar-refractivity contribution in [3.63, 3.8) is 0 Å². The molecule has 4 nitrogen and oxygen atoms in total. The lowest BCUT2D eigenvalue weighted by Crippen LogP contribution is -2.30. The van der Waals surface area contributed by atoms with Crippen molar-refractivity contribution in [1.29, 1.82) is 0 Å². The van der Waals surface area contributed by atoms with Gasteiger partial charge in [-0.3, -0.25) is 9.59 Å². The topological polar surface area (TPSA) is 52.6 Å². The lowest BCUT2D eigenvalue weighted by atomic mass is 9.83. The molecule has 2 saturated heterocycles. The quantitative estimate of drug-likeness (QED) is 0.641. The molecule has 124 valence electrons. The Morgan fingerprint density at radius 1 is 0.625 bits per heavy atom. The first-order valence-corrected chi connectivity index (χ1v) is 9.22. The highest BCUT2D eigenvalue weighted by Crippen LogP contribution is 2.63. The van der Waals surface area contributed by atoms with Crippen LogP contribution in [0.25, 0.3) is 0 Å². The highest BCUT2D eigenvalue weighted by molar-refractivity contribution is 5.78. The summed E-state index contributed by atoms with van der Waals surface area (Å²) >= 11 is 0. The average Bonchev–Trinajstić information content (AvgIpc) is 3.30. The molecule has 2 heterocycles. The molecule has 2 atom stereocenters. The number of carbonyl (C=O) groups excluding carboxylic acids is 2. The van der Waals surface area contributed by atoms with Crippen LogP contribution in [-0.4, -0.2) is 23.1 Å². The van der Waals surface area contributed by atoms with Crippen molar-refractivity contribution in [2.45, 2.75) is 75.4 Å². The third kappa shape index (κ3) is 1.42. The van der Waals surface area contributed by atoms with Gasteiger partial charge in [0.15, 0.2) is 0 Å². The molecule has 0 aromatic rings. The fourth-order valence-electron chi connectivity index (χ4n) is 6.25. The minimum atomic E-state index is -0.331. The van der Waals surface area contributed by atoms with E-state index in [1.54, 1.807) is 0 Å². The first kappa shape index (κ1) is 13.5. The van der Waals surface area contributed by atoms with Crippen LogP contribution in [0.15, 0.2) is 33.4 Å². The van der Waals surface area contributed by atoms with Gasteiger partial charge in [-0.05, 0) is 60.8 Å². The summed E-state index contributed by atoms with van der Waals surface area (Å²) in [5.74, 6) is -0.0880. The fourth-order valence-corrected chi connectivity index (χ4v) is 6.25. The zero-order valence-corrected chi connectivity index (χ0v) is 13.7. The summed E-state index contributed by atoms with van der Waals surface area (Å²) in [6, 6.07) is 0. The van der Waals surface area contributed by atoms with Crippen molar-refractivity contribution in [3.8, 4) is 0 Å².